The quantitative estimate of drug-likeness (QED) is 0.796. The summed E-state index contributed by atoms with van der Waals surface area (Å²) >= 11 is 0. The third-order valence-corrected chi connectivity index (χ3v) is 4.13. The lowest BCUT2D eigenvalue weighted by Gasteiger charge is -2.32. The maximum absolute atomic E-state index is 12.8. The molecule has 2 heterocycles. The van der Waals surface area contributed by atoms with Crippen molar-refractivity contribution in [1.82, 2.24) is 4.90 Å². The highest BCUT2D eigenvalue weighted by molar-refractivity contribution is 5.98. The minimum atomic E-state index is -0.246. The van der Waals surface area contributed by atoms with Gasteiger partial charge in [0.15, 0.2) is 11.5 Å². The molecule has 0 bridgehead atoms. The molecule has 0 aliphatic carbocycles. The van der Waals surface area contributed by atoms with Crippen molar-refractivity contribution in [1.29, 1.82) is 0 Å². The van der Waals surface area contributed by atoms with Crippen LogP contribution < -0.4 is 9.47 Å². The Morgan fingerprint density at radius 1 is 1.30 bits per heavy atom. The topological polar surface area (TPSA) is 65.1 Å². The van der Waals surface area contributed by atoms with Crippen LogP contribution in [-0.2, 0) is 9.53 Å². The van der Waals surface area contributed by atoms with Crippen molar-refractivity contribution in [3.63, 3.8) is 0 Å². The first-order valence-electron chi connectivity index (χ1n) is 8.05. The van der Waals surface area contributed by atoms with E-state index in [4.69, 9.17) is 14.2 Å². The van der Waals surface area contributed by atoms with Gasteiger partial charge in [0.05, 0.1) is 18.1 Å². The lowest BCUT2D eigenvalue weighted by molar-refractivity contribution is -0.149. The highest BCUT2D eigenvalue weighted by atomic mass is 16.6. The van der Waals surface area contributed by atoms with E-state index in [0.29, 0.717) is 50.0 Å². The molecule has 2 aliphatic rings. The summed E-state index contributed by atoms with van der Waals surface area (Å²) in [6, 6.07) is 5.32. The molecule has 1 aromatic rings. The summed E-state index contributed by atoms with van der Waals surface area (Å²) in [7, 11) is 0. The molecule has 0 saturated carbocycles. The molecule has 6 heteroatoms. The molecular formula is C17H21NO5. The van der Waals surface area contributed by atoms with Crippen LogP contribution in [0.4, 0.5) is 0 Å². The van der Waals surface area contributed by atoms with E-state index in [-0.39, 0.29) is 17.8 Å². The Bertz CT molecular complexity index is 601. The summed E-state index contributed by atoms with van der Waals surface area (Å²) in [5.41, 5.74) is 0.492. The number of fused-ring (bicyclic) bond motifs is 1. The molecule has 0 N–H and O–H groups in total. The number of amides is 1. The second kappa shape index (κ2) is 6.89. The van der Waals surface area contributed by atoms with Gasteiger partial charge >= 0.3 is 5.97 Å². The van der Waals surface area contributed by atoms with Crippen molar-refractivity contribution in [3.05, 3.63) is 23.8 Å². The first-order valence-corrected chi connectivity index (χ1v) is 8.05. The van der Waals surface area contributed by atoms with E-state index < -0.39 is 0 Å². The van der Waals surface area contributed by atoms with Gasteiger partial charge in [-0.2, -0.15) is 0 Å². The van der Waals surface area contributed by atoms with E-state index in [1.54, 1.807) is 30.0 Å². The average molecular weight is 319 g/mol. The second-order valence-corrected chi connectivity index (χ2v) is 5.67. The highest BCUT2D eigenvalue weighted by Gasteiger charge is 2.31. The van der Waals surface area contributed by atoms with Crippen LogP contribution in [0.3, 0.4) is 0 Å². The number of piperidine rings is 1. The van der Waals surface area contributed by atoms with Gasteiger partial charge in [0.1, 0.15) is 13.2 Å². The van der Waals surface area contributed by atoms with Gasteiger partial charge in [-0.05, 0) is 31.9 Å². The van der Waals surface area contributed by atoms with Crippen LogP contribution in [0.2, 0.25) is 0 Å². The fourth-order valence-corrected chi connectivity index (χ4v) is 3.03. The highest BCUT2D eigenvalue weighted by Crippen LogP contribution is 2.34. The van der Waals surface area contributed by atoms with Crippen molar-refractivity contribution < 1.29 is 23.8 Å². The van der Waals surface area contributed by atoms with E-state index in [9.17, 15) is 9.59 Å². The molecule has 0 aromatic heterocycles. The molecule has 0 spiro atoms. The molecule has 124 valence electrons. The first kappa shape index (κ1) is 15.6. The van der Waals surface area contributed by atoms with Gasteiger partial charge in [-0.25, -0.2) is 0 Å². The number of carbonyl (C=O) groups excluding carboxylic acids is 2. The SMILES string of the molecule is CCOC(=O)C1CCCN(C(=O)c2cccc3c2OCCO3)C1. The molecule has 3 rings (SSSR count). The van der Waals surface area contributed by atoms with E-state index in [1.165, 1.54) is 0 Å². The normalized spacial score (nSPS) is 20.0. The summed E-state index contributed by atoms with van der Waals surface area (Å²) in [5.74, 6) is 0.508. The number of benzene rings is 1. The number of nitrogens with zero attached hydrogens (tertiary/aromatic N) is 1. The third kappa shape index (κ3) is 3.25. The Hall–Kier alpha value is -2.24. The number of likely N-dealkylation sites (tertiary alicyclic amines) is 1. The molecule has 1 unspecified atom stereocenters. The van der Waals surface area contributed by atoms with Crippen LogP contribution in [0.15, 0.2) is 18.2 Å². The predicted molar refractivity (Wildman–Crippen MR) is 82.7 cm³/mol. The van der Waals surface area contributed by atoms with Crippen LogP contribution >= 0.6 is 0 Å². The fraction of sp³-hybridized carbons (Fsp3) is 0.529. The maximum Gasteiger partial charge on any atom is 0.310 e. The Balaban J connectivity index is 1.76. The number of para-hydroxylation sites is 1. The lowest BCUT2D eigenvalue weighted by atomic mass is 9.97. The number of hydrogen-bond acceptors (Lipinski definition) is 5. The zero-order chi connectivity index (χ0) is 16.2. The van der Waals surface area contributed by atoms with Crippen molar-refractivity contribution in [3.8, 4) is 11.5 Å². The number of carbonyl (C=O) groups is 2. The molecule has 1 fully saturated rings. The zero-order valence-electron chi connectivity index (χ0n) is 13.2. The molecule has 1 aromatic carbocycles. The van der Waals surface area contributed by atoms with Gasteiger partial charge in [0, 0.05) is 13.1 Å². The molecular weight excluding hydrogens is 298 g/mol. The van der Waals surface area contributed by atoms with Crippen LogP contribution in [-0.4, -0.2) is 49.7 Å². The van der Waals surface area contributed by atoms with Crippen molar-refractivity contribution in [2.75, 3.05) is 32.9 Å². The van der Waals surface area contributed by atoms with Gasteiger partial charge in [-0.15, -0.1) is 0 Å². The summed E-state index contributed by atoms with van der Waals surface area (Å²) in [4.78, 5) is 26.5. The Kier molecular flexibility index (Phi) is 4.69. The predicted octanol–water partition coefficient (Wildman–Crippen LogP) is 1.87. The third-order valence-electron chi connectivity index (χ3n) is 4.13. The molecule has 6 nitrogen and oxygen atoms in total. The standard InChI is InChI=1S/C17H21NO5/c1-2-21-17(20)12-5-4-8-18(11-12)16(19)13-6-3-7-14-15(13)23-10-9-22-14/h3,6-7,12H,2,4-5,8-11H2,1H3. The lowest BCUT2D eigenvalue weighted by Crippen LogP contribution is -2.43. The molecule has 23 heavy (non-hydrogen) atoms. The van der Waals surface area contributed by atoms with Gasteiger partial charge in [-0.1, -0.05) is 6.07 Å². The number of hydrogen-bond donors (Lipinski definition) is 0. The minimum Gasteiger partial charge on any atom is -0.486 e. The minimum absolute atomic E-state index is 0.124. The molecule has 2 aliphatic heterocycles. The van der Waals surface area contributed by atoms with Crippen LogP contribution in [0.25, 0.3) is 0 Å². The molecule has 1 amide bonds. The van der Waals surface area contributed by atoms with Gasteiger partial charge in [0.2, 0.25) is 0 Å². The van der Waals surface area contributed by atoms with Crippen molar-refractivity contribution in [2.45, 2.75) is 19.8 Å². The Morgan fingerprint density at radius 2 is 2.13 bits per heavy atom. The maximum atomic E-state index is 12.8. The molecule has 0 radical (unpaired) electrons. The van der Waals surface area contributed by atoms with E-state index in [2.05, 4.69) is 0 Å². The first-order chi connectivity index (χ1) is 11.2. The van der Waals surface area contributed by atoms with Crippen LogP contribution in [0.5, 0.6) is 11.5 Å². The number of rotatable bonds is 3. The van der Waals surface area contributed by atoms with E-state index in [1.807, 2.05) is 0 Å². The number of esters is 1. The summed E-state index contributed by atoms with van der Waals surface area (Å²) in [6.07, 6.45) is 1.55. The largest absolute Gasteiger partial charge is 0.486 e. The van der Waals surface area contributed by atoms with Crippen LogP contribution in [0.1, 0.15) is 30.1 Å². The number of ether oxygens (including phenoxy) is 3. The zero-order valence-corrected chi connectivity index (χ0v) is 13.2. The van der Waals surface area contributed by atoms with Gasteiger partial charge in [-0.3, -0.25) is 9.59 Å². The smallest absolute Gasteiger partial charge is 0.310 e. The monoisotopic (exact) mass is 319 g/mol. The van der Waals surface area contributed by atoms with Crippen LogP contribution in [0, 0.1) is 5.92 Å². The summed E-state index contributed by atoms with van der Waals surface area (Å²) in [6.45, 7) is 4.10. The van der Waals surface area contributed by atoms with Crippen molar-refractivity contribution >= 4 is 11.9 Å². The summed E-state index contributed by atoms with van der Waals surface area (Å²) < 4.78 is 16.2. The second-order valence-electron chi connectivity index (χ2n) is 5.67. The molecule has 1 atom stereocenters. The Labute approximate surface area is 135 Å². The van der Waals surface area contributed by atoms with Crippen molar-refractivity contribution in [2.24, 2.45) is 5.92 Å². The summed E-state index contributed by atoms with van der Waals surface area (Å²) in [5, 5.41) is 0. The molecule has 1 saturated heterocycles. The average Bonchev–Trinajstić information content (AvgIpc) is 2.61. The van der Waals surface area contributed by atoms with E-state index >= 15 is 0 Å². The van der Waals surface area contributed by atoms with Gasteiger partial charge < -0.3 is 19.1 Å². The van der Waals surface area contributed by atoms with Gasteiger partial charge in [0.25, 0.3) is 5.91 Å². The Morgan fingerprint density at radius 3 is 2.96 bits per heavy atom. The fourth-order valence-electron chi connectivity index (χ4n) is 3.03. The van der Waals surface area contributed by atoms with E-state index in [0.717, 1.165) is 12.8 Å².